The fraction of sp³-hybridized carbons (Fsp3) is 0.519. The monoisotopic (exact) mass is 484 g/mol. The van der Waals surface area contributed by atoms with Crippen LogP contribution in [0.1, 0.15) is 76.0 Å². The summed E-state index contributed by atoms with van der Waals surface area (Å²) in [4.78, 5) is 14.7. The molecule has 7 heteroatoms. The van der Waals surface area contributed by atoms with Crippen molar-refractivity contribution in [1.29, 1.82) is 0 Å². The summed E-state index contributed by atoms with van der Waals surface area (Å²) >= 11 is 0. The molecule has 3 aromatic rings. The Bertz CT molecular complexity index is 1010. The number of benzene rings is 1. The average molecular weight is 485 g/mol. The number of halogens is 1. The smallest absolute Gasteiger partial charge is 0.226 e. The van der Waals surface area contributed by atoms with Crippen molar-refractivity contribution in [3.05, 3.63) is 47.0 Å². The molecule has 2 aromatic heterocycles. The van der Waals surface area contributed by atoms with E-state index in [2.05, 4.69) is 74.0 Å². The van der Waals surface area contributed by atoms with Crippen LogP contribution in [0, 0.1) is 6.92 Å². The molecule has 0 saturated carbocycles. The van der Waals surface area contributed by atoms with Crippen molar-refractivity contribution in [3.8, 4) is 0 Å². The van der Waals surface area contributed by atoms with E-state index in [-0.39, 0.29) is 12.4 Å². The molecule has 0 saturated heterocycles. The molecule has 3 N–H and O–H groups in total. The van der Waals surface area contributed by atoms with Gasteiger partial charge < -0.3 is 16.0 Å². The Kier molecular flexibility index (Phi) is 11.9. The van der Waals surface area contributed by atoms with Gasteiger partial charge in [-0.3, -0.25) is 0 Å². The van der Waals surface area contributed by atoms with E-state index in [1.54, 1.807) is 0 Å². The van der Waals surface area contributed by atoms with Crippen molar-refractivity contribution in [1.82, 2.24) is 15.0 Å². The van der Waals surface area contributed by atoms with Gasteiger partial charge in [0.15, 0.2) is 5.65 Å². The number of aryl methyl sites for hydroxylation is 1. The van der Waals surface area contributed by atoms with Crippen LogP contribution in [0.5, 0.6) is 0 Å². The third-order valence-corrected chi connectivity index (χ3v) is 5.90. The second-order valence-electron chi connectivity index (χ2n) is 8.66. The summed E-state index contributed by atoms with van der Waals surface area (Å²) in [6.07, 6.45) is 7.55. The number of rotatable bonds is 14. The van der Waals surface area contributed by atoms with Crippen molar-refractivity contribution in [2.24, 2.45) is 0 Å². The van der Waals surface area contributed by atoms with Crippen LogP contribution < -0.4 is 16.0 Å². The molecule has 0 aliphatic rings. The first-order chi connectivity index (χ1) is 16.2. The number of fused-ring (bicyclic) bond motifs is 1. The van der Waals surface area contributed by atoms with Crippen LogP contribution in [-0.2, 0) is 6.42 Å². The number of hydrogen-bond acceptors (Lipinski definition) is 6. The number of pyridine rings is 1. The molecule has 34 heavy (non-hydrogen) atoms. The van der Waals surface area contributed by atoms with Gasteiger partial charge >= 0.3 is 0 Å². The molecule has 0 unspecified atom stereocenters. The predicted octanol–water partition coefficient (Wildman–Crippen LogP) is 6.98. The van der Waals surface area contributed by atoms with Crippen molar-refractivity contribution in [2.75, 3.05) is 35.6 Å². The van der Waals surface area contributed by atoms with Gasteiger partial charge in [0.05, 0.1) is 5.39 Å². The molecular weight excluding hydrogens is 444 g/mol. The number of unbranched alkanes of at least 4 members (excludes halogenated alkanes) is 3. The summed E-state index contributed by atoms with van der Waals surface area (Å²) in [5, 5.41) is 11.6. The average Bonchev–Trinajstić information content (AvgIpc) is 2.82. The van der Waals surface area contributed by atoms with Crippen LogP contribution in [0.4, 0.5) is 17.6 Å². The van der Waals surface area contributed by atoms with E-state index in [1.807, 2.05) is 0 Å². The summed E-state index contributed by atoms with van der Waals surface area (Å²) in [5.41, 5.74) is 4.44. The number of nitrogens with one attached hydrogen (secondary N) is 3. The van der Waals surface area contributed by atoms with Gasteiger partial charge in [-0.15, -0.1) is 12.4 Å². The van der Waals surface area contributed by atoms with Gasteiger partial charge in [0, 0.05) is 31.6 Å². The van der Waals surface area contributed by atoms with Crippen molar-refractivity contribution < 1.29 is 0 Å². The molecule has 0 radical (unpaired) electrons. The molecule has 3 rings (SSSR count). The fourth-order valence-electron chi connectivity index (χ4n) is 3.89. The minimum Gasteiger partial charge on any atom is -0.370 e. The van der Waals surface area contributed by atoms with Crippen LogP contribution in [0.15, 0.2) is 30.3 Å². The van der Waals surface area contributed by atoms with Gasteiger partial charge in [0.1, 0.15) is 11.6 Å². The number of aromatic nitrogens is 3. The lowest BCUT2D eigenvalue weighted by molar-refractivity contribution is 0.822. The largest absolute Gasteiger partial charge is 0.370 e. The van der Waals surface area contributed by atoms with E-state index in [4.69, 9.17) is 15.0 Å². The quantitative estimate of drug-likeness (QED) is 0.214. The number of hydrogen-bond donors (Lipinski definition) is 3. The lowest BCUT2D eigenvalue weighted by atomic mass is 9.98. The summed E-state index contributed by atoms with van der Waals surface area (Å²) in [5.74, 6) is 2.47. The lowest BCUT2D eigenvalue weighted by Crippen LogP contribution is -2.13. The highest BCUT2D eigenvalue weighted by Gasteiger charge is 2.18. The van der Waals surface area contributed by atoms with Crippen molar-refractivity contribution in [2.45, 2.75) is 72.6 Å². The molecule has 0 spiro atoms. The molecule has 0 bridgehead atoms. The topological polar surface area (TPSA) is 74.8 Å². The Morgan fingerprint density at radius 1 is 0.706 bits per heavy atom. The first-order valence-corrected chi connectivity index (χ1v) is 12.6. The second kappa shape index (κ2) is 14.6. The third kappa shape index (κ3) is 7.45. The number of nitrogens with zero attached hydrogens (tertiary/aromatic N) is 3. The zero-order valence-corrected chi connectivity index (χ0v) is 22.0. The first kappa shape index (κ1) is 27.6. The highest BCUT2D eigenvalue weighted by molar-refractivity contribution is 5.93. The SMILES string of the molecule is CCCCNc1nc(NCCCC)c2c(C)c(Cc3ccccc3)c(NCCCC)nc2n1.Cl. The van der Waals surface area contributed by atoms with Gasteiger partial charge in [0.2, 0.25) is 5.95 Å². The van der Waals surface area contributed by atoms with Crippen LogP contribution in [0.3, 0.4) is 0 Å². The number of anilines is 3. The van der Waals surface area contributed by atoms with E-state index < -0.39 is 0 Å². The fourth-order valence-corrected chi connectivity index (χ4v) is 3.89. The van der Waals surface area contributed by atoms with Gasteiger partial charge in [-0.1, -0.05) is 70.4 Å². The highest BCUT2D eigenvalue weighted by Crippen LogP contribution is 2.32. The van der Waals surface area contributed by atoms with E-state index >= 15 is 0 Å². The van der Waals surface area contributed by atoms with Crippen molar-refractivity contribution in [3.63, 3.8) is 0 Å². The Hall–Kier alpha value is -2.60. The lowest BCUT2D eigenvalue weighted by Gasteiger charge is -2.19. The zero-order valence-electron chi connectivity index (χ0n) is 21.2. The molecule has 0 amide bonds. The summed E-state index contributed by atoms with van der Waals surface area (Å²) in [7, 11) is 0. The van der Waals surface area contributed by atoms with E-state index in [9.17, 15) is 0 Å². The Labute approximate surface area is 211 Å². The van der Waals surface area contributed by atoms with Crippen LogP contribution in [0.25, 0.3) is 11.0 Å². The maximum atomic E-state index is 5.04. The summed E-state index contributed by atoms with van der Waals surface area (Å²) < 4.78 is 0. The minimum atomic E-state index is 0. The van der Waals surface area contributed by atoms with Gasteiger partial charge in [0.25, 0.3) is 0 Å². The van der Waals surface area contributed by atoms with Crippen LogP contribution in [-0.4, -0.2) is 34.6 Å². The summed E-state index contributed by atoms with van der Waals surface area (Å²) in [6, 6.07) is 10.6. The molecule has 0 aliphatic heterocycles. The zero-order chi connectivity index (χ0) is 23.5. The van der Waals surface area contributed by atoms with E-state index in [0.29, 0.717) is 5.95 Å². The van der Waals surface area contributed by atoms with E-state index in [1.165, 1.54) is 16.7 Å². The Morgan fingerprint density at radius 2 is 1.29 bits per heavy atom. The van der Waals surface area contributed by atoms with Crippen LogP contribution >= 0.6 is 12.4 Å². The molecule has 186 valence electrons. The Balaban J connectivity index is 0.00000408. The maximum Gasteiger partial charge on any atom is 0.226 e. The molecular formula is C27H41ClN6. The molecule has 1 aromatic carbocycles. The molecule has 0 aliphatic carbocycles. The molecule has 0 fully saturated rings. The van der Waals surface area contributed by atoms with E-state index in [0.717, 1.165) is 87.2 Å². The van der Waals surface area contributed by atoms with Gasteiger partial charge in [-0.05, 0) is 37.3 Å². The predicted molar refractivity (Wildman–Crippen MR) is 149 cm³/mol. The second-order valence-corrected chi connectivity index (χ2v) is 8.66. The maximum absolute atomic E-state index is 5.04. The van der Waals surface area contributed by atoms with Crippen molar-refractivity contribution >= 4 is 41.0 Å². The van der Waals surface area contributed by atoms with Gasteiger partial charge in [-0.2, -0.15) is 9.97 Å². The third-order valence-electron chi connectivity index (χ3n) is 5.90. The first-order valence-electron chi connectivity index (χ1n) is 12.6. The Morgan fingerprint density at radius 3 is 1.91 bits per heavy atom. The highest BCUT2D eigenvalue weighted by atomic mass is 35.5. The van der Waals surface area contributed by atoms with Gasteiger partial charge in [-0.25, -0.2) is 4.98 Å². The summed E-state index contributed by atoms with van der Waals surface area (Å²) in [6.45, 7) is 11.5. The molecule has 2 heterocycles. The minimum absolute atomic E-state index is 0. The molecule has 0 atom stereocenters. The molecule has 6 nitrogen and oxygen atoms in total. The standard InChI is InChI=1S/C27H40N6.ClH/c1-5-8-16-28-24-22(19-21-14-12-11-13-15-21)20(4)23-25(29-17-9-6-2)32-27(30-18-10-7-3)33-26(23)31-24;/h11-15H,5-10,16-19H2,1-4H3,(H3,28,29,30,31,32,33);1H. The van der Waals surface area contributed by atoms with Crippen LogP contribution in [0.2, 0.25) is 0 Å². The normalized spacial score (nSPS) is 10.7.